The molecule has 0 spiro atoms. The first-order chi connectivity index (χ1) is 9.54. The van der Waals surface area contributed by atoms with Crippen LogP contribution in [0.5, 0.6) is 5.75 Å². The Morgan fingerprint density at radius 1 is 1.40 bits per heavy atom. The average molecular weight is 316 g/mol. The van der Waals surface area contributed by atoms with Gasteiger partial charge in [-0.2, -0.15) is 5.10 Å². The maximum absolute atomic E-state index is 9.83. The molecule has 0 aliphatic carbocycles. The topological polar surface area (TPSA) is 59.3 Å². The summed E-state index contributed by atoms with van der Waals surface area (Å²) in [6.45, 7) is 0.462. The van der Waals surface area contributed by atoms with Crippen LogP contribution < -0.4 is 10.1 Å². The zero-order valence-electron chi connectivity index (χ0n) is 10.9. The number of aromatic nitrogens is 2. The number of halogens is 2. The normalized spacial score (nSPS) is 12.2. The zero-order valence-corrected chi connectivity index (χ0v) is 12.4. The Kier molecular flexibility index (Phi) is 5.11. The highest BCUT2D eigenvalue weighted by atomic mass is 35.5. The van der Waals surface area contributed by atoms with E-state index in [-0.39, 0.29) is 6.61 Å². The SMILES string of the molecule is Cn1ccc(NCC(O)COc2ccc(Cl)cc2Cl)n1. The molecule has 5 nitrogen and oxygen atoms in total. The van der Waals surface area contributed by atoms with Crippen molar-refractivity contribution in [2.24, 2.45) is 7.05 Å². The molecule has 1 aromatic heterocycles. The second-order valence-corrected chi connectivity index (χ2v) is 5.14. The van der Waals surface area contributed by atoms with Crippen molar-refractivity contribution in [1.29, 1.82) is 0 Å². The van der Waals surface area contributed by atoms with E-state index in [0.29, 0.717) is 28.2 Å². The molecular weight excluding hydrogens is 301 g/mol. The van der Waals surface area contributed by atoms with Crippen molar-refractivity contribution in [3.8, 4) is 5.75 Å². The first-order valence-corrected chi connectivity index (χ1v) is 6.79. The van der Waals surface area contributed by atoms with Gasteiger partial charge in [0.05, 0.1) is 5.02 Å². The third-order valence-corrected chi connectivity index (χ3v) is 3.09. The minimum atomic E-state index is -0.677. The summed E-state index contributed by atoms with van der Waals surface area (Å²) in [6, 6.07) is 6.77. The Balaban J connectivity index is 1.78. The summed E-state index contributed by atoms with van der Waals surface area (Å²) in [5.41, 5.74) is 0. The predicted molar refractivity (Wildman–Crippen MR) is 79.7 cm³/mol. The van der Waals surface area contributed by atoms with Gasteiger partial charge in [0.2, 0.25) is 0 Å². The number of hydrogen-bond acceptors (Lipinski definition) is 4. The molecule has 1 aromatic carbocycles. The van der Waals surface area contributed by atoms with Crippen LogP contribution >= 0.6 is 23.2 Å². The molecule has 1 heterocycles. The molecule has 0 fully saturated rings. The first-order valence-electron chi connectivity index (χ1n) is 6.04. The monoisotopic (exact) mass is 315 g/mol. The Morgan fingerprint density at radius 2 is 2.20 bits per heavy atom. The molecule has 0 aliphatic rings. The molecule has 2 aromatic rings. The van der Waals surface area contributed by atoms with E-state index in [2.05, 4.69) is 10.4 Å². The number of ether oxygens (including phenoxy) is 1. The predicted octanol–water partition coefficient (Wildman–Crippen LogP) is 2.58. The summed E-state index contributed by atoms with van der Waals surface area (Å²) in [4.78, 5) is 0. The highest BCUT2D eigenvalue weighted by Gasteiger charge is 2.08. The number of hydrogen-bond donors (Lipinski definition) is 2. The van der Waals surface area contributed by atoms with Crippen LogP contribution in [0.1, 0.15) is 0 Å². The van der Waals surface area contributed by atoms with Crippen molar-refractivity contribution in [2.75, 3.05) is 18.5 Å². The highest BCUT2D eigenvalue weighted by molar-refractivity contribution is 6.35. The summed E-state index contributed by atoms with van der Waals surface area (Å²) in [7, 11) is 1.83. The maximum Gasteiger partial charge on any atom is 0.148 e. The summed E-state index contributed by atoms with van der Waals surface area (Å²) < 4.78 is 7.12. The zero-order chi connectivity index (χ0) is 14.5. The molecule has 2 N–H and O–H groups in total. The van der Waals surface area contributed by atoms with Crippen LogP contribution in [0.2, 0.25) is 10.0 Å². The summed E-state index contributed by atoms with van der Waals surface area (Å²) in [6.07, 6.45) is 1.14. The second-order valence-electron chi connectivity index (χ2n) is 4.30. The van der Waals surface area contributed by atoms with Gasteiger partial charge in [-0.05, 0) is 18.2 Å². The third-order valence-electron chi connectivity index (χ3n) is 2.56. The first kappa shape index (κ1) is 15.0. The smallest absolute Gasteiger partial charge is 0.148 e. The van der Waals surface area contributed by atoms with Crippen LogP contribution in [0.15, 0.2) is 30.5 Å². The van der Waals surface area contributed by atoms with Crippen molar-refractivity contribution in [3.05, 3.63) is 40.5 Å². The fourth-order valence-corrected chi connectivity index (χ4v) is 2.03. The van der Waals surface area contributed by atoms with Gasteiger partial charge in [0.15, 0.2) is 0 Å². The van der Waals surface area contributed by atoms with Gasteiger partial charge in [0.1, 0.15) is 24.3 Å². The largest absolute Gasteiger partial charge is 0.489 e. The number of aliphatic hydroxyl groups is 1. The van der Waals surface area contributed by atoms with E-state index in [1.54, 1.807) is 22.9 Å². The van der Waals surface area contributed by atoms with Gasteiger partial charge in [-0.3, -0.25) is 4.68 Å². The van der Waals surface area contributed by atoms with Crippen molar-refractivity contribution in [1.82, 2.24) is 9.78 Å². The van der Waals surface area contributed by atoms with Gasteiger partial charge in [-0.1, -0.05) is 23.2 Å². The highest BCUT2D eigenvalue weighted by Crippen LogP contribution is 2.27. The minimum absolute atomic E-state index is 0.126. The number of benzene rings is 1. The minimum Gasteiger partial charge on any atom is -0.489 e. The van der Waals surface area contributed by atoms with Crippen LogP contribution in [-0.2, 0) is 7.05 Å². The second kappa shape index (κ2) is 6.83. The number of nitrogens with one attached hydrogen (secondary N) is 1. The van der Waals surface area contributed by atoms with Gasteiger partial charge in [0, 0.05) is 30.9 Å². The Labute approximate surface area is 127 Å². The fraction of sp³-hybridized carbons (Fsp3) is 0.308. The van der Waals surface area contributed by atoms with Gasteiger partial charge in [-0.15, -0.1) is 0 Å². The van der Waals surface area contributed by atoms with Crippen LogP contribution in [0, 0.1) is 0 Å². The lowest BCUT2D eigenvalue weighted by Gasteiger charge is -2.13. The Hall–Kier alpha value is -1.43. The van der Waals surface area contributed by atoms with Crippen LogP contribution in [-0.4, -0.2) is 34.1 Å². The molecule has 0 saturated heterocycles. The molecule has 0 radical (unpaired) electrons. The molecule has 108 valence electrons. The summed E-state index contributed by atoms with van der Waals surface area (Å²) in [5.74, 6) is 1.20. The Morgan fingerprint density at radius 3 is 2.85 bits per heavy atom. The lowest BCUT2D eigenvalue weighted by molar-refractivity contribution is 0.117. The van der Waals surface area contributed by atoms with Crippen LogP contribution in [0.3, 0.4) is 0 Å². The van der Waals surface area contributed by atoms with Crippen molar-refractivity contribution >= 4 is 29.0 Å². The van der Waals surface area contributed by atoms with Crippen molar-refractivity contribution < 1.29 is 9.84 Å². The molecular formula is C13H15Cl2N3O2. The number of rotatable bonds is 6. The van der Waals surface area contributed by atoms with E-state index in [1.165, 1.54) is 0 Å². The summed E-state index contributed by atoms with van der Waals surface area (Å²) in [5, 5.41) is 17.9. The maximum atomic E-state index is 9.83. The molecule has 1 unspecified atom stereocenters. The van der Waals surface area contributed by atoms with E-state index in [1.807, 2.05) is 19.3 Å². The van der Waals surface area contributed by atoms with Gasteiger partial charge < -0.3 is 15.2 Å². The number of aliphatic hydroxyl groups excluding tert-OH is 1. The molecule has 20 heavy (non-hydrogen) atoms. The molecule has 1 atom stereocenters. The molecule has 0 amide bonds. The Bertz CT molecular complexity index is 574. The van der Waals surface area contributed by atoms with E-state index in [0.717, 1.165) is 0 Å². The van der Waals surface area contributed by atoms with Crippen molar-refractivity contribution in [3.63, 3.8) is 0 Å². The lowest BCUT2D eigenvalue weighted by atomic mass is 10.3. The summed E-state index contributed by atoms with van der Waals surface area (Å²) >= 11 is 11.8. The molecule has 2 rings (SSSR count). The standard InChI is InChI=1S/C13H15Cl2N3O2/c1-18-5-4-13(17-18)16-7-10(19)8-20-12-3-2-9(14)6-11(12)15/h2-6,10,19H,7-8H2,1H3,(H,16,17). The number of anilines is 1. The van der Waals surface area contributed by atoms with Gasteiger partial charge in [-0.25, -0.2) is 0 Å². The number of nitrogens with zero attached hydrogens (tertiary/aromatic N) is 2. The molecule has 0 aliphatic heterocycles. The molecule has 0 bridgehead atoms. The fourth-order valence-electron chi connectivity index (χ4n) is 1.57. The van der Waals surface area contributed by atoms with E-state index < -0.39 is 6.10 Å². The van der Waals surface area contributed by atoms with Crippen LogP contribution in [0.25, 0.3) is 0 Å². The van der Waals surface area contributed by atoms with E-state index >= 15 is 0 Å². The quantitative estimate of drug-likeness (QED) is 0.860. The lowest BCUT2D eigenvalue weighted by Crippen LogP contribution is -2.26. The van der Waals surface area contributed by atoms with Crippen LogP contribution in [0.4, 0.5) is 5.82 Å². The third kappa shape index (κ3) is 4.30. The van der Waals surface area contributed by atoms with Crippen molar-refractivity contribution in [2.45, 2.75) is 6.10 Å². The van der Waals surface area contributed by atoms with E-state index in [9.17, 15) is 5.11 Å². The number of aryl methyl sites for hydroxylation is 1. The van der Waals surface area contributed by atoms with Gasteiger partial charge in [0.25, 0.3) is 0 Å². The van der Waals surface area contributed by atoms with E-state index in [4.69, 9.17) is 27.9 Å². The molecule has 0 saturated carbocycles. The molecule has 7 heteroatoms. The average Bonchev–Trinajstić information content (AvgIpc) is 2.81. The van der Waals surface area contributed by atoms with Gasteiger partial charge >= 0.3 is 0 Å².